The van der Waals surface area contributed by atoms with Crippen molar-refractivity contribution >= 4 is 5.97 Å². The fourth-order valence-corrected chi connectivity index (χ4v) is 1.04. The van der Waals surface area contributed by atoms with Crippen molar-refractivity contribution in [3.8, 4) is 5.75 Å². The molecule has 7 heteroatoms. The third kappa shape index (κ3) is 2.12. The van der Waals surface area contributed by atoms with Crippen molar-refractivity contribution in [3.05, 3.63) is 27.7 Å². The Labute approximate surface area is 82.3 Å². The second-order valence-corrected chi connectivity index (χ2v) is 2.60. The van der Waals surface area contributed by atoms with Crippen molar-refractivity contribution in [2.75, 3.05) is 7.11 Å². The number of aromatic nitrogens is 1. The third-order valence-corrected chi connectivity index (χ3v) is 1.67. The summed E-state index contributed by atoms with van der Waals surface area (Å²) in [4.78, 5) is 23.7. The predicted octanol–water partition coefficient (Wildman–Crippen LogP) is 0.805. The molecule has 0 saturated heterocycles. The second kappa shape index (κ2) is 4.07. The van der Waals surface area contributed by atoms with Gasteiger partial charge in [-0.1, -0.05) is 0 Å². The average Bonchev–Trinajstić information content (AvgIpc) is 2.14. The Hall–Kier alpha value is -1.92. The first-order valence-corrected chi connectivity index (χ1v) is 3.80. The molecule has 0 atom stereocenters. The highest BCUT2D eigenvalue weighted by molar-refractivity contribution is 5.89. The summed E-state index contributed by atoms with van der Waals surface area (Å²) in [6, 6.07) is 0.563. The molecule has 0 fully saturated rings. The Balaban J connectivity index is 3.46. The van der Waals surface area contributed by atoms with Crippen LogP contribution in [0.5, 0.6) is 5.75 Å². The molecule has 0 aliphatic rings. The number of aromatic amines is 1. The summed E-state index contributed by atoms with van der Waals surface area (Å²) >= 11 is 0. The van der Waals surface area contributed by atoms with Crippen LogP contribution >= 0.6 is 0 Å². The molecule has 0 aliphatic heterocycles. The predicted molar refractivity (Wildman–Crippen MR) is 45.0 cm³/mol. The Morgan fingerprint density at radius 1 is 1.60 bits per heavy atom. The van der Waals surface area contributed by atoms with E-state index in [-0.39, 0.29) is 0 Å². The van der Waals surface area contributed by atoms with E-state index in [4.69, 9.17) is 5.11 Å². The largest absolute Gasteiger partial charge is 0.507 e. The number of H-pyrrole nitrogens is 1. The molecule has 0 bridgehead atoms. The fraction of sp³-hybridized carbons (Fsp3) is 0.250. The van der Waals surface area contributed by atoms with E-state index < -0.39 is 35.0 Å². The number of ether oxygens (including phenoxy) is 1. The van der Waals surface area contributed by atoms with E-state index in [0.29, 0.717) is 6.07 Å². The van der Waals surface area contributed by atoms with Gasteiger partial charge in [0.1, 0.15) is 11.4 Å². The van der Waals surface area contributed by atoms with Gasteiger partial charge in [-0.15, -0.1) is 0 Å². The molecular formula is C8H7F2NO4. The summed E-state index contributed by atoms with van der Waals surface area (Å²) in [7, 11) is 0.972. The van der Waals surface area contributed by atoms with Gasteiger partial charge >= 0.3 is 5.97 Å². The van der Waals surface area contributed by atoms with E-state index in [9.17, 15) is 18.4 Å². The van der Waals surface area contributed by atoms with Gasteiger partial charge in [-0.2, -0.15) is 0 Å². The Kier molecular flexibility index (Phi) is 3.03. The molecule has 1 aromatic heterocycles. The minimum atomic E-state index is -3.09. The molecule has 15 heavy (non-hydrogen) atoms. The molecular weight excluding hydrogens is 212 g/mol. The van der Waals surface area contributed by atoms with Gasteiger partial charge in [0.05, 0.1) is 12.7 Å². The number of alkyl halides is 2. The zero-order valence-corrected chi connectivity index (χ0v) is 7.58. The number of hydrogen-bond acceptors (Lipinski definition) is 4. The first-order valence-electron chi connectivity index (χ1n) is 3.80. The van der Waals surface area contributed by atoms with Crippen LogP contribution in [0.15, 0.2) is 10.9 Å². The van der Waals surface area contributed by atoms with Gasteiger partial charge in [-0.3, -0.25) is 4.79 Å². The Bertz CT molecular complexity index is 441. The molecule has 82 valence electrons. The Morgan fingerprint density at radius 3 is 2.67 bits per heavy atom. The van der Waals surface area contributed by atoms with Crippen LogP contribution in [0.25, 0.3) is 0 Å². The zero-order chi connectivity index (χ0) is 11.6. The lowest BCUT2D eigenvalue weighted by Gasteiger charge is -2.07. The lowest BCUT2D eigenvalue weighted by Crippen LogP contribution is -2.16. The summed E-state index contributed by atoms with van der Waals surface area (Å²) in [6.07, 6.45) is -3.09. The molecule has 1 heterocycles. The fourth-order valence-electron chi connectivity index (χ4n) is 1.04. The number of pyridine rings is 1. The molecule has 0 unspecified atom stereocenters. The number of halogens is 2. The lowest BCUT2D eigenvalue weighted by molar-refractivity contribution is 0.0579. The normalized spacial score (nSPS) is 10.4. The molecule has 1 aromatic rings. The van der Waals surface area contributed by atoms with Crippen molar-refractivity contribution in [1.82, 2.24) is 4.98 Å². The first kappa shape index (κ1) is 11.2. The summed E-state index contributed by atoms with van der Waals surface area (Å²) in [6.45, 7) is 0. The van der Waals surface area contributed by atoms with Crippen LogP contribution in [0.1, 0.15) is 22.5 Å². The molecule has 0 saturated carbocycles. The van der Waals surface area contributed by atoms with Crippen LogP contribution in [0.2, 0.25) is 0 Å². The van der Waals surface area contributed by atoms with Gasteiger partial charge in [0.15, 0.2) is 0 Å². The highest BCUT2D eigenvalue weighted by atomic mass is 19.3. The van der Waals surface area contributed by atoms with E-state index in [1.165, 1.54) is 0 Å². The first-order chi connectivity index (χ1) is 6.97. The number of methoxy groups -OCH3 is 1. The number of aromatic hydroxyl groups is 1. The molecule has 0 amide bonds. The number of rotatable bonds is 2. The van der Waals surface area contributed by atoms with E-state index in [1.54, 1.807) is 0 Å². The highest BCUT2D eigenvalue weighted by Crippen LogP contribution is 2.29. The molecule has 5 nitrogen and oxygen atoms in total. The van der Waals surface area contributed by atoms with Gasteiger partial charge in [0.2, 0.25) is 0 Å². The molecule has 0 radical (unpaired) electrons. The van der Waals surface area contributed by atoms with Crippen LogP contribution in [0.4, 0.5) is 8.78 Å². The smallest absolute Gasteiger partial charge is 0.355 e. The van der Waals surface area contributed by atoms with Gasteiger partial charge in [-0.05, 0) is 0 Å². The SMILES string of the molecule is COC(=O)c1[nH]c(=O)cc(O)c1C(F)F. The molecule has 0 aliphatic carbocycles. The van der Waals surface area contributed by atoms with Crippen LogP contribution in [0, 0.1) is 0 Å². The summed E-state index contributed by atoms with van der Waals surface area (Å²) in [5.74, 6) is -2.08. The van der Waals surface area contributed by atoms with Crippen LogP contribution < -0.4 is 5.56 Å². The van der Waals surface area contributed by atoms with Gasteiger partial charge in [-0.25, -0.2) is 13.6 Å². The van der Waals surface area contributed by atoms with Crippen molar-refractivity contribution in [2.24, 2.45) is 0 Å². The van der Waals surface area contributed by atoms with E-state index in [2.05, 4.69) is 4.74 Å². The average molecular weight is 219 g/mol. The monoisotopic (exact) mass is 219 g/mol. The molecule has 0 aromatic carbocycles. The lowest BCUT2D eigenvalue weighted by atomic mass is 10.2. The highest BCUT2D eigenvalue weighted by Gasteiger charge is 2.24. The number of carbonyl (C=O) groups excluding carboxylic acids is 1. The van der Waals surface area contributed by atoms with E-state index in [0.717, 1.165) is 7.11 Å². The molecule has 2 N–H and O–H groups in total. The van der Waals surface area contributed by atoms with Crippen molar-refractivity contribution < 1.29 is 23.4 Å². The summed E-state index contributed by atoms with van der Waals surface area (Å²) in [5.41, 5.74) is -2.55. The van der Waals surface area contributed by atoms with E-state index in [1.807, 2.05) is 4.98 Å². The zero-order valence-electron chi connectivity index (χ0n) is 7.58. The minimum Gasteiger partial charge on any atom is -0.507 e. The molecule has 1 rings (SSSR count). The minimum absolute atomic E-state index is 0.563. The summed E-state index contributed by atoms with van der Waals surface area (Å²) < 4.78 is 29.0. The van der Waals surface area contributed by atoms with Crippen LogP contribution in [0.3, 0.4) is 0 Å². The molecule has 0 spiro atoms. The van der Waals surface area contributed by atoms with Crippen molar-refractivity contribution in [3.63, 3.8) is 0 Å². The van der Waals surface area contributed by atoms with Crippen LogP contribution in [-0.2, 0) is 4.74 Å². The maximum absolute atomic E-state index is 12.4. The standard InChI is InChI=1S/C8H7F2NO4/c1-15-8(14)6-5(7(9)10)3(12)2-4(13)11-6/h2,7H,1H3,(H2,11,12,13). The third-order valence-electron chi connectivity index (χ3n) is 1.67. The Morgan fingerprint density at radius 2 is 2.20 bits per heavy atom. The van der Waals surface area contributed by atoms with Crippen LogP contribution in [-0.4, -0.2) is 23.2 Å². The van der Waals surface area contributed by atoms with E-state index >= 15 is 0 Å². The maximum atomic E-state index is 12.4. The number of nitrogens with one attached hydrogen (secondary N) is 1. The second-order valence-electron chi connectivity index (χ2n) is 2.60. The number of esters is 1. The van der Waals surface area contributed by atoms with Gasteiger partial charge in [0.25, 0.3) is 12.0 Å². The topological polar surface area (TPSA) is 79.4 Å². The number of hydrogen-bond donors (Lipinski definition) is 2. The van der Waals surface area contributed by atoms with Crippen molar-refractivity contribution in [1.29, 1.82) is 0 Å². The summed E-state index contributed by atoms with van der Waals surface area (Å²) in [5, 5.41) is 9.08. The quantitative estimate of drug-likeness (QED) is 0.721. The van der Waals surface area contributed by atoms with Crippen molar-refractivity contribution in [2.45, 2.75) is 6.43 Å². The van der Waals surface area contributed by atoms with Gasteiger partial charge in [0, 0.05) is 6.07 Å². The van der Waals surface area contributed by atoms with Gasteiger partial charge < -0.3 is 14.8 Å². The number of carbonyl (C=O) groups is 1. The maximum Gasteiger partial charge on any atom is 0.355 e.